The van der Waals surface area contributed by atoms with Crippen molar-refractivity contribution >= 4 is 12.4 Å². The molecule has 0 radical (unpaired) electrons. The van der Waals surface area contributed by atoms with Gasteiger partial charge in [0.25, 0.3) is 0 Å². The fourth-order valence-electron chi connectivity index (χ4n) is 1.04. The average molecular weight is 238 g/mol. The van der Waals surface area contributed by atoms with Crippen molar-refractivity contribution in [2.75, 3.05) is 13.7 Å². The smallest absolute Gasteiger partial charge is 0.450 e. The molecule has 0 aromatic rings. The lowest BCUT2D eigenvalue weighted by atomic mass is 10.0. The molecule has 8 nitrogen and oxygen atoms in total. The molecule has 0 aromatic heterocycles. The maximum Gasteiger partial charge on any atom is 0.506 e. The summed E-state index contributed by atoms with van der Waals surface area (Å²) in [5.74, 6) is 0. The fourth-order valence-corrected chi connectivity index (χ4v) is 1.04. The number of hydrogen-bond donors (Lipinski definition) is 4. The van der Waals surface area contributed by atoms with E-state index >= 15 is 0 Å². The minimum atomic E-state index is -1.77. The molecule has 0 aliphatic carbocycles. The molecule has 4 N–H and O–H groups in total. The molecular formula is C8H14O8. The average Bonchev–Trinajstić information content (AvgIpc) is 2.26. The highest BCUT2D eigenvalue weighted by Gasteiger charge is 2.36. The summed E-state index contributed by atoms with van der Waals surface area (Å²) in [6.45, 7) is -0.810. The Morgan fingerprint density at radius 2 is 2.00 bits per heavy atom. The number of rotatable bonds is 7. The van der Waals surface area contributed by atoms with Gasteiger partial charge in [0, 0.05) is 7.11 Å². The van der Waals surface area contributed by atoms with Gasteiger partial charge in [-0.3, -0.25) is 0 Å². The second-order valence-electron chi connectivity index (χ2n) is 2.93. The molecule has 0 aliphatic heterocycles. The third-order valence-corrected chi connectivity index (χ3v) is 1.88. The molecule has 0 spiro atoms. The van der Waals surface area contributed by atoms with Crippen LogP contribution in [0.2, 0.25) is 0 Å². The van der Waals surface area contributed by atoms with Crippen molar-refractivity contribution in [3.05, 3.63) is 0 Å². The standard InChI is InChI=1S/C8H14O8/c1-15-5(3-10)7(16-8(13)14)6(12)4(11)2-9/h3-7,9,11-12H,2H2,1H3,(H,13,14)/t4-,5+,6+,7-/m1/s1. The zero-order valence-corrected chi connectivity index (χ0v) is 8.52. The first-order valence-corrected chi connectivity index (χ1v) is 4.32. The van der Waals surface area contributed by atoms with E-state index in [-0.39, 0.29) is 6.29 Å². The van der Waals surface area contributed by atoms with Crippen LogP contribution < -0.4 is 0 Å². The summed E-state index contributed by atoms with van der Waals surface area (Å²) in [4.78, 5) is 20.8. The van der Waals surface area contributed by atoms with Gasteiger partial charge in [-0.25, -0.2) is 4.79 Å². The van der Waals surface area contributed by atoms with Gasteiger partial charge in [0.2, 0.25) is 0 Å². The second kappa shape index (κ2) is 7.12. The van der Waals surface area contributed by atoms with Crippen LogP contribution >= 0.6 is 0 Å². The highest BCUT2D eigenvalue weighted by molar-refractivity contribution is 5.61. The summed E-state index contributed by atoms with van der Waals surface area (Å²) in [6.07, 6.45) is -7.90. The van der Waals surface area contributed by atoms with E-state index in [1.807, 2.05) is 0 Å². The topological polar surface area (TPSA) is 134 Å². The first-order chi connectivity index (χ1) is 7.47. The minimum Gasteiger partial charge on any atom is -0.450 e. The van der Waals surface area contributed by atoms with Crippen molar-refractivity contribution < 1.29 is 39.5 Å². The Balaban J connectivity index is 4.76. The van der Waals surface area contributed by atoms with Crippen LogP contribution in [0.3, 0.4) is 0 Å². The van der Waals surface area contributed by atoms with Crippen molar-refractivity contribution in [3.8, 4) is 0 Å². The van der Waals surface area contributed by atoms with E-state index in [2.05, 4.69) is 9.47 Å². The van der Waals surface area contributed by atoms with Crippen molar-refractivity contribution in [1.29, 1.82) is 0 Å². The van der Waals surface area contributed by atoms with Gasteiger partial charge in [-0.15, -0.1) is 0 Å². The number of hydrogen-bond acceptors (Lipinski definition) is 7. The molecule has 0 aromatic carbocycles. The molecule has 0 rings (SSSR count). The van der Waals surface area contributed by atoms with Crippen molar-refractivity contribution in [3.63, 3.8) is 0 Å². The molecule has 0 saturated heterocycles. The number of aliphatic hydroxyl groups excluding tert-OH is 3. The van der Waals surface area contributed by atoms with E-state index in [1.54, 1.807) is 0 Å². The van der Waals surface area contributed by atoms with Gasteiger partial charge in [-0.05, 0) is 0 Å². The second-order valence-corrected chi connectivity index (χ2v) is 2.93. The third kappa shape index (κ3) is 4.11. The highest BCUT2D eigenvalue weighted by atomic mass is 16.7. The Labute approximate surface area is 91.0 Å². The van der Waals surface area contributed by atoms with Gasteiger partial charge >= 0.3 is 6.16 Å². The van der Waals surface area contributed by atoms with Crippen LogP contribution in [0.5, 0.6) is 0 Å². The predicted molar refractivity (Wildman–Crippen MR) is 48.9 cm³/mol. The molecular weight excluding hydrogens is 224 g/mol. The molecule has 0 heterocycles. The summed E-state index contributed by atoms with van der Waals surface area (Å²) < 4.78 is 8.79. The lowest BCUT2D eigenvalue weighted by molar-refractivity contribution is -0.145. The maximum atomic E-state index is 10.5. The fraction of sp³-hybridized carbons (Fsp3) is 0.750. The van der Waals surface area contributed by atoms with Crippen LogP contribution in [-0.2, 0) is 14.3 Å². The van der Waals surface area contributed by atoms with Crippen molar-refractivity contribution in [1.82, 2.24) is 0 Å². The molecule has 16 heavy (non-hydrogen) atoms. The van der Waals surface area contributed by atoms with Crippen LogP contribution in [0.15, 0.2) is 0 Å². The Bertz CT molecular complexity index is 230. The number of ether oxygens (including phenoxy) is 2. The van der Waals surface area contributed by atoms with E-state index in [4.69, 9.17) is 15.3 Å². The van der Waals surface area contributed by atoms with Crippen LogP contribution in [0.25, 0.3) is 0 Å². The van der Waals surface area contributed by atoms with Gasteiger partial charge in [-0.2, -0.15) is 0 Å². The Morgan fingerprint density at radius 3 is 2.31 bits per heavy atom. The number of aldehydes is 1. The summed E-state index contributed by atoms with van der Waals surface area (Å²) in [5.41, 5.74) is 0. The Kier molecular flexibility index (Phi) is 6.58. The first-order valence-electron chi connectivity index (χ1n) is 4.32. The van der Waals surface area contributed by atoms with Crippen LogP contribution in [0.4, 0.5) is 4.79 Å². The van der Waals surface area contributed by atoms with Crippen LogP contribution in [-0.4, -0.2) is 71.0 Å². The van der Waals surface area contributed by atoms with Crippen molar-refractivity contribution in [2.45, 2.75) is 24.4 Å². The van der Waals surface area contributed by atoms with Gasteiger partial charge in [0.1, 0.15) is 12.2 Å². The number of carbonyl (C=O) groups is 2. The van der Waals surface area contributed by atoms with Crippen molar-refractivity contribution in [2.24, 2.45) is 0 Å². The first kappa shape index (κ1) is 14.8. The molecule has 8 heteroatoms. The quantitative estimate of drug-likeness (QED) is 0.295. The van der Waals surface area contributed by atoms with Gasteiger partial charge in [0.05, 0.1) is 6.61 Å². The molecule has 0 fully saturated rings. The number of carbonyl (C=O) groups excluding carboxylic acids is 1. The predicted octanol–water partition coefficient (Wildman–Crippen LogP) is -2.02. The van der Waals surface area contributed by atoms with E-state index < -0.39 is 37.2 Å². The summed E-state index contributed by atoms with van der Waals surface area (Å²) >= 11 is 0. The Morgan fingerprint density at radius 1 is 1.44 bits per heavy atom. The molecule has 0 aliphatic rings. The summed E-state index contributed by atoms with van der Waals surface area (Å²) in [6, 6.07) is 0. The van der Waals surface area contributed by atoms with Gasteiger partial charge in [0.15, 0.2) is 18.5 Å². The van der Waals surface area contributed by atoms with Crippen LogP contribution in [0, 0.1) is 0 Å². The third-order valence-electron chi connectivity index (χ3n) is 1.88. The largest absolute Gasteiger partial charge is 0.506 e. The maximum absolute atomic E-state index is 10.5. The SMILES string of the molecule is CO[C@@H](C=O)[C@@H](OC(=O)O)[C@@H](O)[C@H](O)CO. The lowest BCUT2D eigenvalue weighted by Crippen LogP contribution is -2.49. The van der Waals surface area contributed by atoms with Gasteiger partial charge < -0.3 is 34.7 Å². The minimum absolute atomic E-state index is 0.223. The highest BCUT2D eigenvalue weighted by Crippen LogP contribution is 2.11. The van der Waals surface area contributed by atoms with E-state index in [0.29, 0.717) is 0 Å². The van der Waals surface area contributed by atoms with E-state index in [1.165, 1.54) is 0 Å². The summed E-state index contributed by atoms with van der Waals surface area (Å²) in [5, 5.41) is 35.5. The molecule has 0 bridgehead atoms. The number of aliphatic hydroxyl groups is 3. The normalized spacial score (nSPS) is 18.2. The monoisotopic (exact) mass is 238 g/mol. The number of carboxylic acid groups (broad SMARTS) is 1. The molecule has 4 atom stereocenters. The zero-order valence-electron chi connectivity index (χ0n) is 8.52. The molecule has 0 unspecified atom stereocenters. The van der Waals surface area contributed by atoms with E-state index in [0.717, 1.165) is 7.11 Å². The molecule has 0 saturated carbocycles. The van der Waals surface area contributed by atoms with Crippen LogP contribution in [0.1, 0.15) is 0 Å². The molecule has 94 valence electrons. The van der Waals surface area contributed by atoms with E-state index in [9.17, 15) is 14.7 Å². The summed E-state index contributed by atoms with van der Waals surface area (Å²) in [7, 11) is 1.11. The van der Waals surface area contributed by atoms with Gasteiger partial charge in [-0.1, -0.05) is 0 Å². The number of methoxy groups -OCH3 is 1. The molecule has 0 amide bonds. The zero-order chi connectivity index (χ0) is 12.7. The lowest BCUT2D eigenvalue weighted by Gasteiger charge is -2.27. The Hall–Kier alpha value is -1.22.